The first-order chi connectivity index (χ1) is 4.00. The topological polar surface area (TPSA) is 172 Å². The zero-order valence-corrected chi connectivity index (χ0v) is 14.7. The fourth-order valence-electron chi connectivity index (χ4n) is 0. The second-order valence-corrected chi connectivity index (χ2v) is 2.68. The van der Waals surface area contributed by atoms with Crippen LogP contribution >= 0.6 is 15.6 Å². The number of hydrogen-bond acceptors (Lipinski definition) is 8. The van der Waals surface area contributed by atoms with Crippen LogP contribution < -0.4 is 80.7 Å². The molecule has 0 bridgehead atoms. The van der Waals surface area contributed by atoms with Crippen LogP contribution in [0.1, 0.15) is 0 Å². The van der Waals surface area contributed by atoms with E-state index in [0.29, 0.717) is 0 Å². The summed E-state index contributed by atoms with van der Waals surface area (Å²) in [5.74, 6) is 0. The number of hydrogen-bond donors (Lipinski definition) is 0. The van der Waals surface area contributed by atoms with Gasteiger partial charge in [0.1, 0.15) is 0 Å². The molecule has 0 aromatic heterocycles. The predicted molar refractivity (Wildman–Crippen MR) is 21.0 cm³/mol. The molecule has 0 aliphatic carbocycles. The third-order valence-electron chi connectivity index (χ3n) is 0. The Morgan fingerprint density at radius 2 is 0.692 bits per heavy atom. The first kappa shape index (κ1) is 30.0. The van der Waals surface area contributed by atoms with Gasteiger partial charge in [-0.15, -0.1) is 0 Å². The van der Waals surface area contributed by atoms with Crippen LogP contribution in [0.4, 0.5) is 0 Å². The van der Waals surface area contributed by atoms with Crippen LogP contribution in [0.15, 0.2) is 0 Å². The Morgan fingerprint density at radius 3 is 0.692 bits per heavy atom. The number of rotatable bonds is 0. The normalized spacial score (nSPS) is 9.08. The van der Waals surface area contributed by atoms with Gasteiger partial charge in [0.05, 0.1) is 0 Å². The molecule has 0 aromatic carbocycles. The molecular weight excluding hydrogens is 321 g/mol. The van der Waals surface area contributed by atoms with Crippen molar-refractivity contribution in [2.24, 2.45) is 0 Å². The molecule has 0 rings (SSSR count). The summed E-state index contributed by atoms with van der Waals surface area (Å²) in [5.41, 5.74) is 0. The van der Waals surface area contributed by atoms with Crippen molar-refractivity contribution in [2.45, 2.75) is 0 Å². The van der Waals surface area contributed by atoms with E-state index in [1.165, 1.54) is 0 Å². The summed E-state index contributed by atoms with van der Waals surface area (Å²) in [7, 11) is -10.8. The molecule has 0 aromatic rings. The van der Waals surface area contributed by atoms with Crippen molar-refractivity contribution in [1.82, 2.24) is 0 Å². The Morgan fingerprint density at radius 1 is 0.692 bits per heavy atom. The van der Waals surface area contributed by atoms with Crippen LogP contribution in [0.2, 0.25) is 0 Å². The van der Waals surface area contributed by atoms with Gasteiger partial charge < -0.3 is 38.5 Å². The second kappa shape index (κ2) is 13.7. The molecule has 0 aliphatic rings. The van der Waals surface area contributed by atoms with Crippen LogP contribution in [0.5, 0.6) is 0 Å². The summed E-state index contributed by atoms with van der Waals surface area (Å²) >= 11 is 0. The second-order valence-electron chi connectivity index (χ2n) is 0.894. The molecule has 0 heterocycles. The van der Waals surface area contributed by atoms with Gasteiger partial charge in [-0.1, -0.05) is 0 Å². The van der Waals surface area contributed by atoms with Gasteiger partial charge in [-0.25, -0.2) is 0 Å². The molecule has 1 radical (unpaired) electrons. The van der Waals surface area contributed by atoms with Gasteiger partial charge in [-0.2, -0.15) is 15.6 Å². The van der Waals surface area contributed by atoms with E-state index in [9.17, 15) is 0 Å². The summed E-state index contributed by atoms with van der Waals surface area (Å²) in [5, 5.41) is 0. The minimum Gasteiger partial charge on any atom is -0.822 e. The third-order valence-corrected chi connectivity index (χ3v) is 0. The molecule has 0 saturated carbocycles. The molecule has 0 N–H and O–H groups in total. The van der Waals surface area contributed by atoms with Gasteiger partial charge in [0, 0.05) is 0 Å². The molecule has 0 spiro atoms. The summed E-state index contributed by atoms with van der Waals surface area (Å²) in [6, 6.07) is 0. The van der Waals surface area contributed by atoms with E-state index in [-0.39, 0.29) is 106 Å². The van der Waals surface area contributed by atoms with Gasteiger partial charge in [0.15, 0.2) is 0 Å². The van der Waals surface area contributed by atoms with E-state index in [4.69, 9.17) is 38.5 Å². The maximum atomic E-state index is 8.55. The van der Waals surface area contributed by atoms with Crippen molar-refractivity contribution in [2.75, 3.05) is 0 Å². The fraction of sp³-hybridized carbons (Fsp3) is 0. The molecular formula is CaCrKO8P2. The van der Waals surface area contributed by atoms with E-state index in [0.717, 1.165) is 0 Å². The molecule has 0 aliphatic heterocycles. The van der Waals surface area contributed by atoms with E-state index in [1.807, 2.05) is 0 Å². The van der Waals surface area contributed by atoms with Gasteiger partial charge in [0.2, 0.25) is 0 Å². The van der Waals surface area contributed by atoms with E-state index >= 15 is 0 Å². The Balaban J connectivity index is -0.0000000267. The van der Waals surface area contributed by atoms with Gasteiger partial charge in [-0.3, -0.25) is 0 Å². The van der Waals surface area contributed by atoms with Crippen molar-refractivity contribution in [3.8, 4) is 0 Å². The van der Waals surface area contributed by atoms with Crippen LogP contribution in [-0.2, 0) is 26.5 Å². The maximum absolute atomic E-state index is 8.55. The Hall–Kier alpha value is 3.65. The molecule has 0 unspecified atom stereocenters. The maximum Gasteiger partial charge on any atom is 3.00 e. The van der Waals surface area contributed by atoms with Crippen molar-refractivity contribution in [3.63, 3.8) is 0 Å². The van der Waals surface area contributed by atoms with Crippen molar-refractivity contribution in [3.05, 3.63) is 0 Å². The molecule has 0 saturated heterocycles. The largest absolute Gasteiger partial charge is 3.00 e. The molecule has 13 heteroatoms. The molecule has 67 valence electrons. The van der Waals surface area contributed by atoms with E-state index in [2.05, 4.69) is 0 Å². The zero-order chi connectivity index (χ0) is 9.00. The molecule has 13 heavy (non-hydrogen) atoms. The van der Waals surface area contributed by atoms with Crippen LogP contribution in [0, 0.1) is 0 Å². The van der Waals surface area contributed by atoms with Crippen molar-refractivity contribution in [1.29, 1.82) is 0 Å². The van der Waals surface area contributed by atoms with Crippen molar-refractivity contribution < 1.29 is 107 Å². The summed E-state index contributed by atoms with van der Waals surface area (Å²) < 4.78 is 17.1. The monoisotopic (exact) mass is 321 g/mol. The smallest absolute Gasteiger partial charge is 0.822 e. The molecule has 0 atom stereocenters. The SMILES string of the molecule is O=P([O-])([O-])[O-].O=P([O-])([O-])[O-].[Ca+2].[Cr+3].[K+]. The average molecular weight is 321 g/mol. The Kier molecular flexibility index (Phi) is 31.7. The Labute approximate surface area is 157 Å². The van der Waals surface area contributed by atoms with Crippen LogP contribution in [-0.4, -0.2) is 37.7 Å². The fourth-order valence-corrected chi connectivity index (χ4v) is 0. The minimum absolute atomic E-state index is 0. The van der Waals surface area contributed by atoms with Crippen LogP contribution in [0.25, 0.3) is 0 Å². The van der Waals surface area contributed by atoms with E-state index in [1.54, 1.807) is 0 Å². The zero-order valence-electron chi connectivity index (χ0n) is 6.28. The van der Waals surface area contributed by atoms with Gasteiger partial charge >= 0.3 is 106 Å². The van der Waals surface area contributed by atoms with Crippen molar-refractivity contribution >= 4 is 53.4 Å². The summed E-state index contributed by atoms with van der Waals surface area (Å²) in [4.78, 5) is 51.3. The first-order valence-electron chi connectivity index (χ1n) is 1.46. The standard InChI is InChI=1S/Ca.Cr.K.2H3O4P/c;;;2*1-5(2,3)4/h;;;2*(H3,1,2,3,4)/q+2;+3;+1;;/p-6. The minimum atomic E-state index is -5.39. The predicted octanol–water partition coefficient (Wildman–Crippen LogP) is -9.03. The van der Waals surface area contributed by atoms with E-state index < -0.39 is 15.6 Å². The molecule has 8 nitrogen and oxygen atoms in total. The third kappa shape index (κ3) is 219. The molecule has 0 fully saturated rings. The molecule has 0 amide bonds. The van der Waals surface area contributed by atoms with Crippen LogP contribution in [0.3, 0.4) is 0 Å². The number of phosphoric acid groups is 2. The van der Waals surface area contributed by atoms with Gasteiger partial charge in [-0.05, 0) is 0 Å². The summed E-state index contributed by atoms with van der Waals surface area (Å²) in [6.07, 6.45) is 0. The average Bonchev–Trinajstić information content (AvgIpc) is 1.12. The Bertz CT molecular complexity index is 134. The summed E-state index contributed by atoms with van der Waals surface area (Å²) in [6.45, 7) is 0. The quantitative estimate of drug-likeness (QED) is 0.312. The first-order valence-corrected chi connectivity index (χ1v) is 4.38. The van der Waals surface area contributed by atoms with Gasteiger partial charge in [0.25, 0.3) is 0 Å².